The van der Waals surface area contributed by atoms with Crippen molar-refractivity contribution in [3.05, 3.63) is 39.8 Å². The number of rotatable bonds is 6. The van der Waals surface area contributed by atoms with Crippen molar-refractivity contribution in [1.82, 2.24) is 15.1 Å². The summed E-state index contributed by atoms with van der Waals surface area (Å²) < 4.78 is 39.7. The van der Waals surface area contributed by atoms with E-state index in [1.54, 1.807) is 0 Å². The molecule has 8 heteroatoms. The van der Waals surface area contributed by atoms with E-state index in [1.807, 2.05) is 17.5 Å². The maximum absolute atomic E-state index is 12.8. The Morgan fingerprint density at radius 3 is 2.83 bits per heavy atom. The molecule has 0 unspecified atom stereocenters. The Morgan fingerprint density at radius 1 is 1.43 bits per heavy atom. The van der Waals surface area contributed by atoms with E-state index < -0.39 is 11.9 Å². The lowest BCUT2D eigenvalue weighted by atomic mass is 10.2. The molecule has 1 amide bonds. The van der Waals surface area contributed by atoms with Crippen molar-refractivity contribution in [3.8, 4) is 0 Å². The summed E-state index contributed by atoms with van der Waals surface area (Å²) in [7, 11) is 0. The molecule has 1 saturated carbocycles. The molecule has 2 aromatic heterocycles. The maximum Gasteiger partial charge on any atom is 0.435 e. The van der Waals surface area contributed by atoms with Crippen LogP contribution >= 0.6 is 11.3 Å². The summed E-state index contributed by atoms with van der Waals surface area (Å²) in [6, 6.07) is 4.88. The van der Waals surface area contributed by atoms with Gasteiger partial charge in [0, 0.05) is 23.0 Å². The van der Waals surface area contributed by atoms with Crippen LogP contribution < -0.4 is 5.32 Å². The third-order valence-electron chi connectivity index (χ3n) is 3.66. The Kier molecular flexibility index (Phi) is 4.43. The molecule has 0 aromatic carbocycles. The van der Waals surface area contributed by atoms with Crippen LogP contribution in [0.5, 0.6) is 0 Å². The Hall–Kier alpha value is -1.83. The van der Waals surface area contributed by atoms with Crippen LogP contribution in [0.25, 0.3) is 0 Å². The number of amides is 1. The standard InChI is InChI=1S/C15H16F3N3OS/c16-15(17,18)13-9-12(10-3-4-10)21(20-13)6-5-19-14(22)8-11-2-1-7-23-11/h1-2,7,9-10H,3-6,8H2,(H,19,22). The van der Waals surface area contributed by atoms with Gasteiger partial charge in [-0.25, -0.2) is 0 Å². The average molecular weight is 343 g/mol. The van der Waals surface area contributed by atoms with E-state index in [9.17, 15) is 18.0 Å². The van der Waals surface area contributed by atoms with Crippen LogP contribution in [0.3, 0.4) is 0 Å². The van der Waals surface area contributed by atoms with Crippen LogP contribution in [0.1, 0.15) is 35.0 Å². The number of hydrogen-bond donors (Lipinski definition) is 1. The molecule has 3 rings (SSSR count). The Morgan fingerprint density at radius 2 is 2.22 bits per heavy atom. The number of carbonyl (C=O) groups is 1. The van der Waals surface area contributed by atoms with Gasteiger partial charge in [-0.3, -0.25) is 9.48 Å². The third-order valence-corrected chi connectivity index (χ3v) is 4.53. The first-order valence-corrected chi connectivity index (χ1v) is 8.25. The first kappa shape index (κ1) is 16.0. The number of nitrogens with zero attached hydrogens (tertiary/aromatic N) is 2. The number of carbonyl (C=O) groups excluding carboxylic acids is 1. The molecule has 23 heavy (non-hydrogen) atoms. The van der Waals surface area contributed by atoms with Crippen LogP contribution in [-0.2, 0) is 23.9 Å². The van der Waals surface area contributed by atoms with Gasteiger partial charge < -0.3 is 5.32 Å². The lowest BCUT2D eigenvalue weighted by Gasteiger charge is -2.08. The summed E-state index contributed by atoms with van der Waals surface area (Å²) in [5.74, 6) is 0.0315. The molecule has 0 saturated heterocycles. The highest BCUT2D eigenvalue weighted by atomic mass is 32.1. The second-order valence-corrected chi connectivity index (χ2v) is 6.59. The van der Waals surface area contributed by atoms with Gasteiger partial charge in [0.2, 0.25) is 5.91 Å². The lowest BCUT2D eigenvalue weighted by Crippen LogP contribution is -2.29. The summed E-state index contributed by atoms with van der Waals surface area (Å²) >= 11 is 1.50. The van der Waals surface area contributed by atoms with Crippen LogP contribution in [0.2, 0.25) is 0 Å². The average Bonchev–Trinajstić information content (AvgIpc) is 3.01. The van der Waals surface area contributed by atoms with Crippen LogP contribution in [-0.4, -0.2) is 22.2 Å². The molecule has 0 spiro atoms. The van der Waals surface area contributed by atoms with Gasteiger partial charge in [0.25, 0.3) is 0 Å². The molecule has 0 atom stereocenters. The van der Waals surface area contributed by atoms with Crippen molar-refractivity contribution in [1.29, 1.82) is 0 Å². The van der Waals surface area contributed by atoms with E-state index in [1.165, 1.54) is 16.0 Å². The minimum atomic E-state index is -4.43. The quantitative estimate of drug-likeness (QED) is 0.876. The molecule has 0 aliphatic heterocycles. The second kappa shape index (κ2) is 6.35. The SMILES string of the molecule is O=C(Cc1cccs1)NCCn1nc(C(F)(F)F)cc1C1CC1. The monoisotopic (exact) mass is 343 g/mol. The number of alkyl halides is 3. The molecule has 1 aliphatic rings. The Bertz CT molecular complexity index is 675. The molecule has 0 bridgehead atoms. The van der Waals surface area contributed by atoms with E-state index in [2.05, 4.69) is 10.4 Å². The molecule has 0 radical (unpaired) electrons. The fourth-order valence-corrected chi connectivity index (χ4v) is 3.10. The zero-order chi connectivity index (χ0) is 16.4. The highest BCUT2D eigenvalue weighted by Gasteiger charge is 2.37. The minimum Gasteiger partial charge on any atom is -0.354 e. The van der Waals surface area contributed by atoms with Gasteiger partial charge in [0.05, 0.1) is 13.0 Å². The molecular formula is C15H16F3N3OS. The smallest absolute Gasteiger partial charge is 0.354 e. The van der Waals surface area contributed by atoms with Crippen molar-refractivity contribution in [2.45, 2.75) is 37.9 Å². The van der Waals surface area contributed by atoms with Crippen molar-refractivity contribution in [2.75, 3.05) is 6.54 Å². The van der Waals surface area contributed by atoms with Gasteiger partial charge >= 0.3 is 6.18 Å². The van der Waals surface area contributed by atoms with E-state index in [4.69, 9.17) is 0 Å². The summed E-state index contributed by atoms with van der Waals surface area (Å²) in [6.45, 7) is 0.515. The normalized spacial score (nSPS) is 14.9. The summed E-state index contributed by atoms with van der Waals surface area (Å²) in [4.78, 5) is 12.7. The molecule has 2 aromatic rings. The van der Waals surface area contributed by atoms with Gasteiger partial charge in [0.15, 0.2) is 5.69 Å². The maximum atomic E-state index is 12.8. The van der Waals surface area contributed by atoms with Crippen LogP contribution in [0.4, 0.5) is 13.2 Å². The van der Waals surface area contributed by atoms with Crippen molar-refractivity contribution in [2.24, 2.45) is 0 Å². The molecule has 1 fully saturated rings. The van der Waals surface area contributed by atoms with Crippen LogP contribution in [0.15, 0.2) is 23.6 Å². The highest BCUT2D eigenvalue weighted by Crippen LogP contribution is 2.42. The van der Waals surface area contributed by atoms with Gasteiger partial charge in [-0.2, -0.15) is 18.3 Å². The number of nitrogens with one attached hydrogen (secondary N) is 1. The minimum absolute atomic E-state index is 0.136. The molecule has 1 aliphatic carbocycles. The van der Waals surface area contributed by atoms with Gasteiger partial charge in [-0.05, 0) is 30.4 Å². The van der Waals surface area contributed by atoms with E-state index in [0.29, 0.717) is 12.1 Å². The number of thiophene rings is 1. The Balaban J connectivity index is 1.57. The lowest BCUT2D eigenvalue weighted by molar-refractivity contribution is -0.141. The number of halogens is 3. The first-order valence-electron chi connectivity index (χ1n) is 7.37. The van der Waals surface area contributed by atoms with Gasteiger partial charge in [-0.1, -0.05) is 6.07 Å². The van der Waals surface area contributed by atoms with Crippen molar-refractivity contribution in [3.63, 3.8) is 0 Å². The zero-order valence-electron chi connectivity index (χ0n) is 12.3. The fraction of sp³-hybridized carbons (Fsp3) is 0.467. The zero-order valence-corrected chi connectivity index (χ0v) is 13.1. The summed E-state index contributed by atoms with van der Waals surface area (Å²) in [5, 5.41) is 8.28. The predicted octanol–water partition coefficient (Wildman–Crippen LogP) is 3.20. The fourth-order valence-electron chi connectivity index (χ4n) is 2.39. The molecule has 2 heterocycles. The summed E-state index contributed by atoms with van der Waals surface area (Å²) in [6.07, 6.45) is -2.35. The first-order chi connectivity index (χ1) is 10.9. The van der Waals surface area contributed by atoms with Crippen molar-refractivity contribution < 1.29 is 18.0 Å². The van der Waals surface area contributed by atoms with E-state index in [-0.39, 0.29) is 24.9 Å². The molecule has 1 N–H and O–H groups in total. The van der Waals surface area contributed by atoms with E-state index in [0.717, 1.165) is 23.8 Å². The van der Waals surface area contributed by atoms with Crippen molar-refractivity contribution >= 4 is 17.2 Å². The molecule has 4 nitrogen and oxygen atoms in total. The predicted molar refractivity (Wildman–Crippen MR) is 80.2 cm³/mol. The number of aromatic nitrogens is 2. The van der Waals surface area contributed by atoms with E-state index >= 15 is 0 Å². The topological polar surface area (TPSA) is 46.9 Å². The van der Waals surface area contributed by atoms with Gasteiger partial charge in [-0.15, -0.1) is 11.3 Å². The van der Waals surface area contributed by atoms with Gasteiger partial charge in [0.1, 0.15) is 0 Å². The molecular weight excluding hydrogens is 327 g/mol. The largest absolute Gasteiger partial charge is 0.435 e. The number of hydrogen-bond acceptors (Lipinski definition) is 3. The Labute approximate surface area is 135 Å². The highest BCUT2D eigenvalue weighted by molar-refractivity contribution is 7.10. The third kappa shape index (κ3) is 4.13. The molecule has 124 valence electrons. The van der Waals surface area contributed by atoms with Crippen LogP contribution in [0, 0.1) is 0 Å². The summed E-state index contributed by atoms with van der Waals surface area (Å²) in [5.41, 5.74) is -0.242. The second-order valence-electron chi connectivity index (χ2n) is 5.56.